The van der Waals surface area contributed by atoms with Gasteiger partial charge in [-0.3, -0.25) is 14.4 Å². The fraction of sp³-hybridized carbons (Fsp3) is 0.674. The Labute approximate surface area is 327 Å². The highest BCUT2D eigenvalue weighted by Gasteiger charge is 2.52. The first-order chi connectivity index (χ1) is 25.8. The first-order valence-corrected chi connectivity index (χ1v) is 19.7. The van der Waals surface area contributed by atoms with Crippen LogP contribution in [0.5, 0.6) is 0 Å². The molecule has 2 saturated heterocycles. The number of aliphatic imine (C=N–C) groups is 1. The van der Waals surface area contributed by atoms with E-state index in [1.165, 1.54) is 13.8 Å². The van der Waals surface area contributed by atoms with Crippen LogP contribution in [0.2, 0.25) is 0 Å². The molecule has 1 aromatic carbocycles. The number of nitrogens with zero attached hydrogens (tertiary/aromatic N) is 2. The lowest BCUT2D eigenvalue weighted by Gasteiger charge is -2.48. The van der Waals surface area contributed by atoms with Crippen LogP contribution in [0.1, 0.15) is 87.1 Å². The summed E-state index contributed by atoms with van der Waals surface area (Å²) in [6.07, 6.45) is 1.15. The Morgan fingerprint density at radius 3 is 2.35 bits per heavy atom. The number of ketones is 1. The lowest BCUT2D eigenvalue weighted by molar-refractivity contribution is -0.296. The molecular formula is C43H64N2O10. The van der Waals surface area contributed by atoms with Gasteiger partial charge in [0.2, 0.25) is 5.91 Å². The molecule has 12 nitrogen and oxygen atoms in total. The van der Waals surface area contributed by atoms with E-state index in [1.807, 2.05) is 95.3 Å². The van der Waals surface area contributed by atoms with Crippen molar-refractivity contribution in [2.24, 2.45) is 28.7 Å². The van der Waals surface area contributed by atoms with Crippen molar-refractivity contribution < 1.29 is 48.3 Å². The molecule has 306 valence electrons. The second kappa shape index (κ2) is 18.9. The Bertz CT molecular complexity index is 1570. The average Bonchev–Trinajstić information content (AvgIpc) is 3.12. The Balaban J connectivity index is 1.97. The zero-order chi connectivity index (χ0) is 40.8. The van der Waals surface area contributed by atoms with Crippen molar-refractivity contribution in [1.82, 2.24) is 4.90 Å². The fourth-order valence-corrected chi connectivity index (χ4v) is 8.55. The van der Waals surface area contributed by atoms with Crippen LogP contribution in [0.15, 0.2) is 53.0 Å². The molecule has 55 heavy (non-hydrogen) atoms. The van der Waals surface area contributed by atoms with Crippen molar-refractivity contribution in [3.63, 3.8) is 0 Å². The summed E-state index contributed by atoms with van der Waals surface area (Å²) in [5.41, 5.74) is -0.909. The molecule has 2 fully saturated rings. The number of hydrogen-bond acceptors (Lipinski definition) is 11. The fourth-order valence-electron chi connectivity index (χ4n) is 8.55. The molecule has 3 aliphatic rings. The number of hydrogen-bond donors (Lipinski definition) is 2. The van der Waals surface area contributed by atoms with Crippen molar-refractivity contribution in [3.05, 3.63) is 53.6 Å². The average molecular weight is 769 g/mol. The number of cyclic esters (lactones) is 1. The maximum absolute atomic E-state index is 14.4. The molecule has 0 radical (unpaired) electrons. The zero-order valence-electron chi connectivity index (χ0n) is 34.6. The number of benzene rings is 1. The normalized spacial score (nSPS) is 40.4. The summed E-state index contributed by atoms with van der Waals surface area (Å²) in [6, 6.07) is 9.50. The van der Waals surface area contributed by atoms with E-state index in [0.29, 0.717) is 12.1 Å². The van der Waals surface area contributed by atoms with Gasteiger partial charge in [-0.2, -0.15) is 0 Å². The van der Waals surface area contributed by atoms with Gasteiger partial charge in [0.1, 0.15) is 23.7 Å². The Morgan fingerprint density at radius 1 is 1.05 bits per heavy atom. The van der Waals surface area contributed by atoms with E-state index in [-0.39, 0.29) is 38.2 Å². The highest BCUT2D eigenvalue weighted by molar-refractivity contribution is 6.00. The number of fused-ring (bicyclic) bond motifs is 5. The third-order valence-electron chi connectivity index (χ3n) is 11.6. The summed E-state index contributed by atoms with van der Waals surface area (Å²) in [6.45, 7) is 15.5. The number of rotatable bonds is 6. The number of ether oxygens (including phenoxy) is 5. The van der Waals surface area contributed by atoms with Gasteiger partial charge in [0, 0.05) is 30.5 Å². The number of aliphatic hydroxyl groups is 2. The Kier molecular flexibility index (Phi) is 15.3. The highest BCUT2D eigenvalue weighted by atomic mass is 16.7. The van der Waals surface area contributed by atoms with E-state index in [1.54, 1.807) is 20.8 Å². The topological polar surface area (TPSA) is 153 Å². The first kappa shape index (κ1) is 44.6. The molecule has 0 spiro atoms. The maximum atomic E-state index is 14.4. The minimum atomic E-state index is -1.78. The van der Waals surface area contributed by atoms with Crippen molar-refractivity contribution in [2.45, 2.75) is 136 Å². The van der Waals surface area contributed by atoms with Crippen LogP contribution >= 0.6 is 0 Å². The third-order valence-corrected chi connectivity index (χ3v) is 11.6. The lowest BCUT2D eigenvalue weighted by Crippen LogP contribution is -2.60. The van der Waals surface area contributed by atoms with Gasteiger partial charge in [0.05, 0.1) is 37.1 Å². The van der Waals surface area contributed by atoms with Gasteiger partial charge in [-0.15, -0.1) is 0 Å². The van der Waals surface area contributed by atoms with Crippen LogP contribution in [0, 0.1) is 23.7 Å². The van der Waals surface area contributed by atoms with Crippen LogP contribution in [0.4, 0.5) is 0 Å². The summed E-state index contributed by atoms with van der Waals surface area (Å²) in [7, 11) is 3.77. The van der Waals surface area contributed by atoms with Crippen molar-refractivity contribution in [3.8, 4) is 0 Å². The van der Waals surface area contributed by atoms with Crippen molar-refractivity contribution >= 4 is 29.4 Å². The standard InChI is InChI=1S/C43H64N2O10/c1-12-34-43(9,50)39-27(4)35(44-30(7)46)25(2)23-42(8,52-21-20-32(24-51-39)19-18-31-16-14-13-15-17-31)38(28(5)36(47)29(6)40(49)54-34)55-41-37(48)33(45(10)11)22-26(3)53-41/h13-20,25-29,33-34,37-39,41,48,50H,12,21-24H2,1-11H3/b19-18+,32-20-,44-35?/t25-,26-,27+,28+,29?,33+,34-,37-,38-,39+,41+,42-,43-/m1/s1. The number of likely N-dealkylation sites (N-methyl/N-ethyl adjacent to an activating group) is 1. The molecule has 2 bridgehead atoms. The van der Waals surface area contributed by atoms with Gasteiger partial charge < -0.3 is 38.8 Å². The zero-order valence-corrected chi connectivity index (χ0v) is 34.6. The Morgan fingerprint density at radius 2 is 1.73 bits per heavy atom. The molecule has 12 heteroatoms. The van der Waals surface area contributed by atoms with E-state index in [0.717, 1.165) is 11.1 Å². The van der Waals surface area contributed by atoms with E-state index in [4.69, 9.17) is 23.7 Å². The minimum absolute atomic E-state index is 0.0395. The van der Waals surface area contributed by atoms with E-state index >= 15 is 0 Å². The lowest BCUT2D eigenvalue weighted by atomic mass is 9.73. The number of Topliss-reactive ketones (excluding diaryl/α,β-unsaturated/α-hetero) is 1. The van der Waals surface area contributed by atoms with E-state index < -0.39 is 83.2 Å². The number of aliphatic hydroxyl groups excluding tert-OH is 1. The summed E-state index contributed by atoms with van der Waals surface area (Å²) >= 11 is 0. The van der Waals surface area contributed by atoms with Gasteiger partial charge >= 0.3 is 5.97 Å². The number of carbonyl (C=O) groups excluding carboxylic acids is 3. The van der Waals surface area contributed by atoms with Crippen LogP contribution < -0.4 is 0 Å². The largest absolute Gasteiger partial charge is 0.459 e. The summed E-state index contributed by atoms with van der Waals surface area (Å²) in [5, 5.41) is 24.0. The second-order valence-electron chi connectivity index (χ2n) is 16.4. The van der Waals surface area contributed by atoms with Crippen molar-refractivity contribution in [2.75, 3.05) is 27.3 Å². The number of esters is 1. The van der Waals surface area contributed by atoms with Gasteiger partial charge in [-0.05, 0) is 78.1 Å². The van der Waals surface area contributed by atoms with Crippen LogP contribution in [0.25, 0.3) is 6.08 Å². The molecule has 1 unspecified atom stereocenters. The number of carbonyl (C=O) groups is 3. The van der Waals surface area contributed by atoms with Crippen LogP contribution in [-0.2, 0) is 38.1 Å². The molecule has 0 saturated carbocycles. The third kappa shape index (κ3) is 10.7. The summed E-state index contributed by atoms with van der Waals surface area (Å²) in [5.74, 6) is -5.00. The van der Waals surface area contributed by atoms with Crippen LogP contribution in [-0.4, -0.2) is 120 Å². The number of amides is 1. The van der Waals surface area contributed by atoms with E-state index in [2.05, 4.69) is 4.99 Å². The molecule has 2 N–H and O–H groups in total. The molecule has 1 amide bonds. The molecule has 0 aliphatic carbocycles. The molecule has 0 aromatic heterocycles. The van der Waals surface area contributed by atoms with Gasteiger partial charge in [0.25, 0.3) is 0 Å². The molecule has 3 heterocycles. The molecular weight excluding hydrogens is 704 g/mol. The van der Waals surface area contributed by atoms with Gasteiger partial charge in [-0.25, -0.2) is 4.99 Å². The molecule has 1 aromatic rings. The SMILES string of the molecule is CC[C@H]1OC(=O)C(C)C(=O)[C@H](C)[C@@H](O[C@@H]2O[C@H](C)C[C@H](N(C)C)[C@H]2O)[C@@]2(C)C[C@@H](C)C(=NC(C)=O)[C@H](C)[C@H](OCC(/C=C/c3ccccc3)=C\CO2)[C@]1(C)O. The maximum Gasteiger partial charge on any atom is 0.316 e. The smallest absolute Gasteiger partial charge is 0.316 e. The summed E-state index contributed by atoms with van der Waals surface area (Å²) in [4.78, 5) is 47.6. The highest BCUT2D eigenvalue weighted by Crippen LogP contribution is 2.40. The second-order valence-corrected chi connectivity index (χ2v) is 16.4. The predicted molar refractivity (Wildman–Crippen MR) is 210 cm³/mol. The molecule has 4 rings (SSSR count). The first-order valence-electron chi connectivity index (χ1n) is 19.7. The van der Waals surface area contributed by atoms with Gasteiger partial charge in [-0.1, -0.05) is 76.3 Å². The molecule has 13 atom stereocenters. The van der Waals surface area contributed by atoms with Crippen molar-refractivity contribution in [1.29, 1.82) is 0 Å². The monoisotopic (exact) mass is 768 g/mol. The quantitative estimate of drug-likeness (QED) is 0.291. The van der Waals surface area contributed by atoms with Gasteiger partial charge in [0.15, 0.2) is 12.1 Å². The van der Waals surface area contributed by atoms with Crippen LogP contribution in [0.3, 0.4) is 0 Å². The minimum Gasteiger partial charge on any atom is -0.459 e. The Hall–Kier alpha value is -3.10. The van der Waals surface area contributed by atoms with E-state index in [9.17, 15) is 24.6 Å². The molecule has 3 aliphatic heterocycles. The predicted octanol–water partition coefficient (Wildman–Crippen LogP) is 5.19. The summed E-state index contributed by atoms with van der Waals surface area (Å²) < 4.78 is 32.5.